The Kier molecular flexibility index (Phi) is 47.4. The Bertz CT molecular complexity index is 1250. The van der Waals surface area contributed by atoms with Crippen LogP contribution in [0.15, 0.2) is 36.5 Å². The van der Waals surface area contributed by atoms with Gasteiger partial charge in [-0.25, -0.2) is 4.57 Å². The van der Waals surface area contributed by atoms with Crippen molar-refractivity contribution in [1.82, 2.24) is 0 Å². The minimum Gasteiger partial charge on any atom is -0.462 e. The first kappa shape index (κ1) is 63.7. The fourth-order valence-electron chi connectivity index (χ4n) is 7.37. The van der Waals surface area contributed by atoms with Crippen LogP contribution in [0, 0.1) is 0 Å². The lowest BCUT2D eigenvalue weighted by Crippen LogP contribution is -2.30. The number of hydrogen-bond acceptors (Lipinski definition) is 10. The highest BCUT2D eigenvalue weighted by Crippen LogP contribution is 2.43. The molecule has 2 N–H and O–H groups in total. The summed E-state index contributed by atoms with van der Waals surface area (Å²) < 4.78 is 39.4. The first-order valence-electron chi connectivity index (χ1n) is 26.9. The van der Waals surface area contributed by atoms with Gasteiger partial charge in [0.2, 0.25) is 0 Å². The van der Waals surface area contributed by atoms with Crippen LogP contribution >= 0.6 is 7.82 Å². The molecule has 66 heavy (non-hydrogen) atoms. The Morgan fingerprint density at radius 2 is 0.758 bits per heavy atom. The second-order valence-corrected chi connectivity index (χ2v) is 19.5. The minimum atomic E-state index is -4.74. The quantitative estimate of drug-likeness (QED) is 0.0197. The van der Waals surface area contributed by atoms with Crippen molar-refractivity contribution in [2.75, 3.05) is 26.4 Å². The lowest BCUT2D eigenvalue weighted by atomic mass is 10.0. The molecule has 0 amide bonds. The molecule has 0 rings (SSSR count). The Morgan fingerprint density at radius 3 is 1.21 bits per heavy atom. The molecule has 0 saturated carbocycles. The number of esters is 3. The Hall–Kier alpha value is -2.30. The van der Waals surface area contributed by atoms with Gasteiger partial charge in [0.05, 0.1) is 19.8 Å². The summed E-state index contributed by atoms with van der Waals surface area (Å²) in [6.45, 7) is 4.56. The van der Waals surface area contributed by atoms with E-state index in [9.17, 15) is 28.9 Å². The normalized spacial score (nSPS) is 13.7. The molecular weight excluding hydrogens is 856 g/mol. The first-order valence-corrected chi connectivity index (χ1v) is 28.4. The average molecular weight is 955 g/mol. The number of phosphoric ester groups is 1. The molecule has 0 fully saturated rings. The molecule has 0 bridgehead atoms. The summed E-state index contributed by atoms with van der Waals surface area (Å²) in [5.41, 5.74) is 0. The van der Waals surface area contributed by atoms with Crippen molar-refractivity contribution in [3.05, 3.63) is 36.5 Å². The Labute approximate surface area is 403 Å². The van der Waals surface area contributed by atoms with Crippen LogP contribution in [0.1, 0.15) is 252 Å². The molecule has 0 aliphatic rings. The third kappa shape index (κ3) is 46.8. The summed E-state index contributed by atoms with van der Waals surface area (Å²) in [4.78, 5) is 48.3. The van der Waals surface area contributed by atoms with E-state index in [0.717, 1.165) is 103 Å². The summed E-state index contributed by atoms with van der Waals surface area (Å²) in [5.74, 6) is -1.48. The van der Waals surface area contributed by atoms with Gasteiger partial charge in [0.15, 0.2) is 6.10 Å². The van der Waals surface area contributed by atoms with Crippen molar-refractivity contribution in [3.63, 3.8) is 0 Å². The highest BCUT2D eigenvalue weighted by molar-refractivity contribution is 7.47. The fourth-order valence-corrected chi connectivity index (χ4v) is 8.15. The van der Waals surface area contributed by atoms with Crippen molar-refractivity contribution in [3.8, 4) is 0 Å². The number of hydrogen-bond donors (Lipinski definition) is 2. The number of aliphatic hydroxyl groups excluding tert-OH is 1. The number of aliphatic hydroxyl groups is 1. The molecule has 0 spiro atoms. The molecule has 0 radical (unpaired) electrons. The van der Waals surface area contributed by atoms with Gasteiger partial charge < -0.3 is 24.2 Å². The van der Waals surface area contributed by atoms with E-state index in [1.807, 2.05) is 0 Å². The van der Waals surface area contributed by atoms with Gasteiger partial charge in [-0.05, 0) is 70.6 Å². The number of unbranched alkanes of at least 4 members (excludes halogenated alkanes) is 27. The van der Waals surface area contributed by atoms with Crippen LogP contribution in [0.5, 0.6) is 0 Å². The maximum atomic E-state index is 12.8. The molecule has 12 heteroatoms. The zero-order valence-corrected chi connectivity index (χ0v) is 43.3. The predicted octanol–water partition coefficient (Wildman–Crippen LogP) is 15.3. The highest BCUT2D eigenvalue weighted by Gasteiger charge is 2.28. The molecule has 0 heterocycles. The average Bonchev–Trinajstić information content (AvgIpc) is 3.30. The standard InChI is InChI=1S/C54H99O11P/c1-4-7-10-13-16-19-22-24-25-27-29-31-34-37-40-43-52(56)61-47-51(65-54(58)45-42-39-36-33-30-26-23-20-17-14-11-8-5-2)49-63-66(59,60)62-48-50(46-55)64-53(57)44-41-38-35-32-28-21-18-15-12-9-6-3/h15-16,18-19,24-25,50-51,55H,4-14,17,20-23,26-49H2,1-3H3,(H,59,60)/b18-15-,19-16-,25-24-. The number of carbonyl (C=O) groups excluding carboxylic acids is 3. The van der Waals surface area contributed by atoms with Crippen LogP contribution in [-0.4, -0.2) is 66.5 Å². The first-order chi connectivity index (χ1) is 32.2. The predicted molar refractivity (Wildman–Crippen MR) is 270 cm³/mol. The third-order valence-corrected chi connectivity index (χ3v) is 12.5. The van der Waals surface area contributed by atoms with Gasteiger partial charge in [0.25, 0.3) is 0 Å². The van der Waals surface area contributed by atoms with Crippen LogP contribution in [0.2, 0.25) is 0 Å². The maximum Gasteiger partial charge on any atom is 0.472 e. The molecule has 11 nitrogen and oxygen atoms in total. The lowest BCUT2D eigenvalue weighted by molar-refractivity contribution is -0.161. The Morgan fingerprint density at radius 1 is 0.424 bits per heavy atom. The van der Waals surface area contributed by atoms with Crippen LogP contribution in [0.25, 0.3) is 0 Å². The SMILES string of the molecule is CCCC/C=C\CCCCCCCC(=O)OC(CO)COP(=O)(O)OCC(COC(=O)CCCCCCC/C=C\C/C=C\CCCCC)OC(=O)CCCCCCCCCCCCCCC. The fraction of sp³-hybridized carbons (Fsp3) is 0.833. The van der Waals surface area contributed by atoms with Gasteiger partial charge >= 0.3 is 25.7 Å². The van der Waals surface area contributed by atoms with Crippen molar-refractivity contribution in [2.45, 2.75) is 264 Å². The van der Waals surface area contributed by atoms with Crippen molar-refractivity contribution < 1.29 is 52.2 Å². The lowest BCUT2D eigenvalue weighted by Gasteiger charge is -2.21. The second-order valence-electron chi connectivity index (χ2n) is 18.0. The molecule has 3 unspecified atom stereocenters. The van der Waals surface area contributed by atoms with Crippen LogP contribution < -0.4 is 0 Å². The van der Waals surface area contributed by atoms with E-state index >= 15 is 0 Å². The van der Waals surface area contributed by atoms with Crippen LogP contribution in [-0.2, 0) is 42.2 Å². The number of phosphoric acid groups is 1. The minimum absolute atomic E-state index is 0.168. The summed E-state index contributed by atoms with van der Waals surface area (Å²) in [7, 11) is -4.74. The maximum absolute atomic E-state index is 12.8. The van der Waals surface area contributed by atoms with Gasteiger partial charge in [-0.1, -0.05) is 198 Å². The van der Waals surface area contributed by atoms with Crippen LogP contribution in [0.3, 0.4) is 0 Å². The second kappa shape index (κ2) is 49.1. The van der Waals surface area contributed by atoms with Gasteiger partial charge in [-0.15, -0.1) is 0 Å². The third-order valence-electron chi connectivity index (χ3n) is 11.5. The molecule has 3 atom stereocenters. The number of ether oxygens (including phenoxy) is 3. The summed E-state index contributed by atoms with van der Waals surface area (Å²) in [6, 6.07) is 0. The van der Waals surface area contributed by atoms with Crippen molar-refractivity contribution in [2.24, 2.45) is 0 Å². The molecule has 0 aromatic heterocycles. The van der Waals surface area contributed by atoms with E-state index < -0.39 is 57.8 Å². The molecule has 0 aliphatic heterocycles. The van der Waals surface area contributed by atoms with Gasteiger partial charge in [-0.3, -0.25) is 23.4 Å². The summed E-state index contributed by atoms with van der Waals surface area (Å²) in [6.07, 6.45) is 48.2. The van der Waals surface area contributed by atoms with E-state index in [-0.39, 0.29) is 25.9 Å². The molecule has 0 aromatic rings. The van der Waals surface area contributed by atoms with Gasteiger partial charge in [0.1, 0.15) is 12.7 Å². The molecule has 386 valence electrons. The summed E-state index contributed by atoms with van der Waals surface area (Å²) >= 11 is 0. The smallest absolute Gasteiger partial charge is 0.462 e. The van der Waals surface area contributed by atoms with Crippen molar-refractivity contribution >= 4 is 25.7 Å². The number of carbonyl (C=O) groups is 3. The van der Waals surface area contributed by atoms with Gasteiger partial charge in [0, 0.05) is 19.3 Å². The number of rotatable bonds is 50. The summed E-state index contributed by atoms with van der Waals surface area (Å²) in [5, 5.41) is 9.76. The van der Waals surface area contributed by atoms with E-state index in [1.54, 1.807) is 0 Å². The zero-order chi connectivity index (χ0) is 48.4. The topological polar surface area (TPSA) is 155 Å². The Balaban J connectivity index is 4.74. The van der Waals surface area contributed by atoms with E-state index in [0.29, 0.717) is 19.3 Å². The van der Waals surface area contributed by atoms with Crippen molar-refractivity contribution in [1.29, 1.82) is 0 Å². The zero-order valence-electron chi connectivity index (χ0n) is 42.4. The van der Waals surface area contributed by atoms with E-state index in [1.165, 1.54) is 89.9 Å². The highest BCUT2D eigenvalue weighted by atomic mass is 31.2. The monoisotopic (exact) mass is 955 g/mol. The molecule has 0 saturated heterocycles. The van der Waals surface area contributed by atoms with E-state index in [4.69, 9.17) is 23.3 Å². The van der Waals surface area contributed by atoms with E-state index in [2.05, 4.69) is 57.2 Å². The number of allylic oxidation sites excluding steroid dienone is 6. The molecule has 0 aliphatic carbocycles. The van der Waals surface area contributed by atoms with Crippen LogP contribution in [0.4, 0.5) is 0 Å². The molecular formula is C54H99O11P. The molecule has 0 aromatic carbocycles. The largest absolute Gasteiger partial charge is 0.472 e. The van der Waals surface area contributed by atoms with Gasteiger partial charge in [-0.2, -0.15) is 0 Å².